The Hall–Kier alpha value is -0.630. The first kappa shape index (κ1) is 7.99. The Morgan fingerprint density at radius 1 is 1.42 bits per heavy atom. The lowest BCUT2D eigenvalue weighted by Crippen LogP contribution is -2.26. The Labute approximate surface area is 72.6 Å². The standard InChI is InChI=1S/C10H14O2/c11-9-5-4-8(7-9)10-3-1-2-6-12-10/h4-5,8,10H,1-3,6-7H2. The number of hydrogen-bond donors (Lipinski definition) is 0. The van der Waals surface area contributed by atoms with Crippen LogP contribution in [0.2, 0.25) is 0 Å². The summed E-state index contributed by atoms with van der Waals surface area (Å²) in [5.41, 5.74) is 0. The predicted molar refractivity (Wildman–Crippen MR) is 45.8 cm³/mol. The summed E-state index contributed by atoms with van der Waals surface area (Å²) in [6.45, 7) is 0.878. The molecule has 2 unspecified atom stereocenters. The lowest BCUT2D eigenvalue weighted by atomic mass is 9.95. The minimum atomic E-state index is 0.258. The normalized spacial score (nSPS) is 35.8. The van der Waals surface area contributed by atoms with Crippen LogP contribution in [0, 0.1) is 5.92 Å². The van der Waals surface area contributed by atoms with Crippen molar-refractivity contribution in [2.75, 3.05) is 6.61 Å². The molecule has 2 rings (SSSR count). The molecule has 0 amide bonds. The molecule has 0 N–H and O–H groups in total. The van der Waals surface area contributed by atoms with Gasteiger partial charge >= 0.3 is 0 Å². The third-order valence-corrected chi connectivity index (χ3v) is 2.66. The van der Waals surface area contributed by atoms with E-state index in [0.717, 1.165) is 13.0 Å². The van der Waals surface area contributed by atoms with Crippen LogP contribution in [-0.2, 0) is 9.53 Å². The molecule has 1 saturated heterocycles. The van der Waals surface area contributed by atoms with E-state index in [1.807, 2.05) is 6.08 Å². The van der Waals surface area contributed by atoms with E-state index in [0.29, 0.717) is 18.4 Å². The van der Waals surface area contributed by atoms with Crippen LogP contribution < -0.4 is 0 Å². The fourth-order valence-electron chi connectivity index (χ4n) is 1.96. The number of carbonyl (C=O) groups is 1. The number of hydrogen-bond acceptors (Lipinski definition) is 2. The lowest BCUT2D eigenvalue weighted by molar-refractivity contribution is -0.115. The van der Waals surface area contributed by atoms with Crippen molar-refractivity contribution < 1.29 is 9.53 Å². The largest absolute Gasteiger partial charge is 0.378 e. The zero-order valence-corrected chi connectivity index (χ0v) is 7.16. The van der Waals surface area contributed by atoms with Crippen molar-refractivity contribution >= 4 is 5.78 Å². The van der Waals surface area contributed by atoms with Gasteiger partial charge < -0.3 is 4.74 Å². The van der Waals surface area contributed by atoms with Gasteiger partial charge in [-0.15, -0.1) is 0 Å². The topological polar surface area (TPSA) is 26.3 Å². The Morgan fingerprint density at radius 3 is 2.92 bits per heavy atom. The average Bonchev–Trinajstić information content (AvgIpc) is 2.54. The fourth-order valence-corrected chi connectivity index (χ4v) is 1.96. The smallest absolute Gasteiger partial charge is 0.156 e. The van der Waals surface area contributed by atoms with E-state index in [4.69, 9.17) is 4.74 Å². The lowest BCUT2D eigenvalue weighted by Gasteiger charge is -2.26. The first-order valence-electron chi connectivity index (χ1n) is 4.69. The Kier molecular flexibility index (Phi) is 2.26. The summed E-state index contributed by atoms with van der Waals surface area (Å²) < 4.78 is 5.61. The summed E-state index contributed by atoms with van der Waals surface area (Å²) in [5, 5.41) is 0. The van der Waals surface area contributed by atoms with Crippen molar-refractivity contribution in [2.45, 2.75) is 31.8 Å². The molecule has 12 heavy (non-hydrogen) atoms. The molecule has 1 heterocycles. The molecule has 0 saturated carbocycles. The van der Waals surface area contributed by atoms with Gasteiger partial charge in [0.15, 0.2) is 5.78 Å². The van der Waals surface area contributed by atoms with Crippen molar-refractivity contribution in [1.82, 2.24) is 0 Å². The van der Waals surface area contributed by atoms with Crippen LogP contribution in [0.25, 0.3) is 0 Å². The molecule has 1 aliphatic heterocycles. The maximum atomic E-state index is 11.0. The zero-order chi connectivity index (χ0) is 8.39. The maximum Gasteiger partial charge on any atom is 0.156 e. The summed E-state index contributed by atoms with van der Waals surface area (Å²) in [6.07, 6.45) is 8.26. The summed E-state index contributed by atoms with van der Waals surface area (Å²) >= 11 is 0. The van der Waals surface area contributed by atoms with E-state index in [1.54, 1.807) is 6.08 Å². The molecule has 0 aromatic heterocycles. The van der Waals surface area contributed by atoms with Crippen molar-refractivity contribution in [3.05, 3.63) is 12.2 Å². The van der Waals surface area contributed by atoms with E-state index < -0.39 is 0 Å². The predicted octanol–water partition coefficient (Wildman–Crippen LogP) is 1.70. The number of ether oxygens (including phenoxy) is 1. The zero-order valence-electron chi connectivity index (χ0n) is 7.16. The minimum Gasteiger partial charge on any atom is -0.378 e. The van der Waals surface area contributed by atoms with Crippen LogP contribution in [0.5, 0.6) is 0 Å². The van der Waals surface area contributed by atoms with Gasteiger partial charge in [-0.3, -0.25) is 4.79 Å². The molecule has 2 nitrogen and oxygen atoms in total. The third kappa shape index (κ3) is 1.58. The van der Waals surface area contributed by atoms with Crippen LogP contribution >= 0.6 is 0 Å². The van der Waals surface area contributed by atoms with Gasteiger partial charge in [-0.1, -0.05) is 6.08 Å². The van der Waals surface area contributed by atoms with Crippen molar-refractivity contribution in [3.8, 4) is 0 Å². The van der Waals surface area contributed by atoms with E-state index in [2.05, 4.69) is 0 Å². The molecule has 1 fully saturated rings. The van der Waals surface area contributed by atoms with E-state index in [9.17, 15) is 4.79 Å². The van der Waals surface area contributed by atoms with E-state index in [-0.39, 0.29) is 5.78 Å². The molecule has 66 valence electrons. The molecule has 0 spiro atoms. The minimum absolute atomic E-state index is 0.258. The van der Waals surface area contributed by atoms with E-state index in [1.165, 1.54) is 12.8 Å². The van der Waals surface area contributed by atoms with Crippen molar-refractivity contribution in [3.63, 3.8) is 0 Å². The monoisotopic (exact) mass is 166 g/mol. The Bertz CT molecular complexity index is 202. The Balaban J connectivity index is 1.91. The molecule has 0 bridgehead atoms. The van der Waals surface area contributed by atoms with Crippen molar-refractivity contribution in [1.29, 1.82) is 0 Å². The van der Waals surface area contributed by atoms with Crippen LogP contribution in [0.3, 0.4) is 0 Å². The number of rotatable bonds is 1. The summed E-state index contributed by atoms with van der Waals surface area (Å²) in [4.78, 5) is 11.0. The quantitative estimate of drug-likeness (QED) is 0.592. The number of ketones is 1. The molecule has 2 aliphatic rings. The summed E-state index contributed by atoms with van der Waals surface area (Å²) in [6, 6.07) is 0. The number of allylic oxidation sites excluding steroid dienone is 1. The number of carbonyl (C=O) groups excluding carboxylic acids is 1. The van der Waals surface area contributed by atoms with Crippen LogP contribution in [-0.4, -0.2) is 18.5 Å². The molecular weight excluding hydrogens is 152 g/mol. The summed E-state index contributed by atoms with van der Waals surface area (Å²) in [5.74, 6) is 0.631. The molecule has 2 heteroatoms. The third-order valence-electron chi connectivity index (χ3n) is 2.66. The van der Waals surface area contributed by atoms with Crippen LogP contribution in [0.15, 0.2) is 12.2 Å². The second kappa shape index (κ2) is 3.40. The molecule has 0 aromatic carbocycles. The SMILES string of the molecule is O=C1C=CC(C2CCCCO2)C1. The van der Waals surface area contributed by atoms with Gasteiger partial charge in [0, 0.05) is 18.9 Å². The first-order chi connectivity index (χ1) is 5.86. The highest BCUT2D eigenvalue weighted by molar-refractivity contribution is 5.92. The van der Waals surface area contributed by atoms with Gasteiger partial charge in [-0.25, -0.2) is 0 Å². The van der Waals surface area contributed by atoms with Crippen LogP contribution in [0.1, 0.15) is 25.7 Å². The van der Waals surface area contributed by atoms with Crippen LogP contribution in [0.4, 0.5) is 0 Å². The maximum absolute atomic E-state index is 11.0. The second-order valence-electron chi connectivity index (χ2n) is 3.60. The highest BCUT2D eigenvalue weighted by Crippen LogP contribution is 2.26. The van der Waals surface area contributed by atoms with Gasteiger partial charge in [-0.05, 0) is 25.3 Å². The molecule has 0 aromatic rings. The van der Waals surface area contributed by atoms with Gasteiger partial charge in [0.05, 0.1) is 6.10 Å². The average molecular weight is 166 g/mol. The second-order valence-corrected chi connectivity index (χ2v) is 3.60. The first-order valence-corrected chi connectivity index (χ1v) is 4.69. The molecular formula is C10H14O2. The van der Waals surface area contributed by atoms with E-state index >= 15 is 0 Å². The Morgan fingerprint density at radius 2 is 2.33 bits per heavy atom. The molecule has 0 radical (unpaired) electrons. The van der Waals surface area contributed by atoms with Crippen molar-refractivity contribution in [2.24, 2.45) is 5.92 Å². The highest BCUT2D eigenvalue weighted by Gasteiger charge is 2.27. The van der Waals surface area contributed by atoms with Gasteiger partial charge in [0.25, 0.3) is 0 Å². The van der Waals surface area contributed by atoms with Gasteiger partial charge in [0.1, 0.15) is 0 Å². The summed E-state index contributed by atoms with van der Waals surface area (Å²) in [7, 11) is 0. The fraction of sp³-hybridized carbons (Fsp3) is 0.700. The molecule has 1 aliphatic carbocycles. The van der Waals surface area contributed by atoms with Gasteiger partial charge in [0.2, 0.25) is 0 Å². The van der Waals surface area contributed by atoms with Gasteiger partial charge in [-0.2, -0.15) is 0 Å². The molecule has 2 atom stereocenters. The highest BCUT2D eigenvalue weighted by atomic mass is 16.5.